The van der Waals surface area contributed by atoms with Crippen molar-refractivity contribution in [2.45, 2.75) is 116 Å². The molecule has 0 radical (unpaired) electrons. The predicted molar refractivity (Wildman–Crippen MR) is 213 cm³/mol. The Morgan fingerprint density at radius 3 is 1.77 bits per heavy atom. The van der Waals surface area contributed by atoms with E-state index in [1.807, 2.05) is 6.92 Å². The largest absolute Gasteiger partial charge is 1.00 e. The number of nitrogens with one attached hydrogen (secondary N) is 2. The number of hydrogen-bond donors (Lipinski definition) is 4. The molecular weight excluding hydrogens is 1010 g/mol. The number of nitrogens with two attached hydrogens (primary N) is 2. The van der Waals surface area contributed by atoms with E-state index in [9.17, 15) is 53.9 Å². The van der Waals surface area contributed by atoms with Crippen LogP contribution in [-0.4, -0.2) is 82.0 Å². The van der Waals surface area contributed by atoms with Gasteiger partial charge in [-0.05, 0) is 44.9 Å². The molecule has 0 spiro atoms. The number of amides is 1. The van der Waals surface area contributed by atoms with Crippen LogP contribution in [0.4, 0.5) is 74.4 Å². The molecule has 0 atom stereocenters. The molecule has 1 amide bonds. The van der Waals surface area contributed by atoms with Gasteiger partial charge in [-0.25, -0.2) is 23.5 Å². The third kappa shape index (κ3) is 20.1. The van der Waals surface area contributed by atoms with Crippen LogP contribution in [0.3, 0.4) is 0 Å². The highest BCUT2D eigenvalue weighted by atomic mass is 79.9. The average molecular weight is 1060 g/mol. The van der Waals surface area contributed by atoms with E-state index in [1.165, 1.54) is 6.20 Å². The highest BCUT2D eigenvalue weighted by Crippen LogP contribution is 2.26. The molecule has 0 aliphatic carbocycles. The zero-order valence-electron chi connectivity index (χ0n) is 34.5. The lowest BCUT2D eigenvalue weighted by Crippen LogP contribution is -3.00. The van der Waals surface area contributed by atoms with Gasteiger partial charge in [0.05, 0.1) is 37.9 Å². The maximum Gasteiger partial charge on any atom is 0.471 e. The van der Waals surface area contributed by atoms with Gasteiger partial charge in [0.1, 0.15) is 11.5 Å². The summed E-state index contributed by atoms with van der Waals surface area (Å²) in [6.45, 7) is 5.86. The quantitative estimate of drug-likeness (QED) is 0.0275. The summed E-state index contributed by atoms with van der Waals surface area (Å²) in [5.74, 6) is -3.92. The fourth-order valence-corrected chi connectivity index (χ4v) is 5.21. The molecule has 0 bridgehead atoms. The van der Waals surface area contributed by atoms with E-state index in [0.717, 1.165) is 19.4 Å². The standard InChI is InChI=1S/C21H27F6N7O2.C9H13N7.C5H7BrF3NO.BrH/c1-2-9-34-18(28)15(14-29-34)30-31-19-32(10-5-3-7-16(35)20(22,23)24)12-13-33(19)11-6-4-8-17(36)21(25,26)27;1-2-5-16-8(10)7(6-13-16)14-15-9-11-3-4-12-9;6-2-1-3-10-4(11)5(7,8)9;/h12-14,28H,2-11H2,1H3;3-4,6H,2,5,10H2,1H3,(H,11,12);1-3H2,(H,10,11);1H. The second-order valence-electron chi connectivity index (χ2n) is 13.1. The van der Waals surface area contributed by atoms with Crippen molar-refractivity contribution in [2.75, 3.05) is 23.3 Å². The molecule has 0 aliphatic rings. The highest BCUT2D eigenvalue weighted by molar-refractivity contribution is 9.09. The Labute approximate surface area is 379 Å². The second-order valence-corrected chi connectivity index (χ2v) is 13.9. The van der Waals surface area contributed by atoms with Gasteiger partial charge in [0.15, 0.2) is 11.5 Å². The van der Waals surface area contributed by atoms with E-state index in [4.69, 9.17) is 11.5 Å². The summed E-state index contributed by atoms with van der Waals surface area (Å²) in [4.78, 5) is 38.9. The van der Waals surface area contributed by atoms with Gasteiger partial charge in [-0.2, -0.15) is 49.7 Å². The molecule has 4 aromatic heterocycles. The van der Waals surface area contributed by atoms with Gasteiger partial charge in [-0.1, -0.05) is 34.9 Å². The monoisotopic (exact) mass is 1060 g/mol. The number of H-pyrrole nitrogens is 1. The van der Waals surface area contributed by atoms with Gasteiger partial charge < -0.3 is 38.7 Å². The molecule has 0 saturated heterocycles. The van der Waals surface area contributed by atoms with Gasteiger partial charge in [0, 0.05) is 55.3 Å². The van der Waals surface area contributed by atoms with Gasteiger partial charge in [-0.15, -0.1) is 10.2 Å². The Bertz CT molecular complexity index is 2010. The number of aryl methyl sites for hydroxylation is 4. The number of Topliss-reactive ketones (excluding diaryl/α,β-unsaturated/α-hetero) is 2. The van der Waals surface area contributed by atoms with Crippen molar-refractivity contribution in [1.29, 1.82) is 0 Å². The van der Waals surface area contributed by atoms with E-state index in [-0.39, 0.29) is 68.2 Å². The summed E-state index contributed by atoms with van der Waals surface area (Å²) in [6.07, 6.45) is -3.51. The molecule has 0 saturated carbocycles. The number of imidazole rings is 2. The zero-order valence-corrected chi connectivity index (χ0v) is 37.7. The molecule has 29 heteroatoms. The first-order valence-electron chi connectivity index (χ1n) is 19.3. The maximum atomic E-state index is 12.4. The number of carbonyl (C=O) groups excluding carboxylic acids is 3. The van der Waals surface area contributed by atoms with Crippen LogP contribution >= 0.6 is 15.9 Å². The Kier molecular flexibility index (Phi) is 24.7. The molecule has 358 valence electrons. The molecule has 4 rings (SSSR count). The number of carbonyl (C=O) groups is 3. The number of anilines is 2. The van der Waals surface area contributed by atoms with Crippen LogP contribution in [-0.2, 0) is 40.6 Å². The maximum absolute atomic E-state index is 12.4. The third-order valence-electron chi connectivity index (χ3n) is 8.11. The fraction of sp³-hybridized carbons (Fsp3) is 0.571. The minimum atomic E-state index is -4.87. The third-order valence-corrected chi connectivity index (χ3v) is 8.67. The fourth-order valence-electron chi connectivity index (χ4n) is 4.93. The SMILES string of the molecule is CCCn1ncc(N=Nc2n(CCCCC(=O)C(F)(F)F)cc[n+]2CCCCC(=O)C(F)(F)F)c1N.CCCn1ncc(N=Nc2ncc[nH]2)c1N.O=C(NCCCBr)C(F)(F)F.[Br-]. The summed E-state index contributed by atoms with van der Waals surface area (Å²) in [5, 5.41) is 26.7. The number of aromatic nitrogens is 8. The van der Waals surface area contributed by atoms with E-state index >= 15 is 0 Å². The van der Waals surface area contributed by atoms with Crippen molar-refractivity contribution in [3.8, 4) is 0 Å². The van der Waals surface area contributed by atoms with Crippen LogP contribution in [0.25, 0.3) is 0 Å². The number of nitrogen functional groups attached to an aromatic ring is 2. The number of rotatable bonds is 21. The van der Waals surface area contributed by atoms with Gasteiger partial charge in [-0.3, -0.25) is 14.4 Å². The summed E-state index contributed by atoms with van der Waals surface area (Å²) < 4.78 is 115. The summed E-state index contributed by atoms with van der Waals surface area (Å²) >= 11 is 3.02. The molecule has 18 nitrogen and oxygen atoms in total. The van der Waals surface area contributed by atoms with Gasteiger partial charge >= 0.3 is 30.4 Å². The van der Waals surface area contributed by atoms with E-state index in [1.54, 1.807) is 54.8 Å². The molecule has 4 aromatic rings. The van der Waals surface area contributed by atoms with Crippen molar-refractivity contribution >= 4 is 68.3 Å². The van der Waals surface area contributed by atoms with Crippen molar-refractivity contribution in [3.05, 3.63) is 37.2 Å². The Hall–Kier alpha value is -5.22. The Morgan fingerprint density at radius 1 is 0.766 bits per heavy atom. The predicted octanol–water partition coefficient (Wildman–Crippen LogP) is 5.45. The average Bonchev–Trinajstić information content (AvgIpc) is 4.02. The topological polar surface area (TPSA) is 238 Å². The molecule has 0 aromatic carbocycles. The number of ketones is 2. The van der Waals surface area contributed by atoms with E-state index < -0.39 is 48.8 Å². The first-order valence-corrected chi connectivity index (χ1v) is 20.4. The molecule has 0 aliphatic heterocycles. The van der Waals surface area contributed by atoms with Crippen LogP contribution in [0, 0.1) is 0 Å². The molecule has 6 N–H and O–H groups in total. The number of aromatic amines is 1. The van der Waals surface area contributed by atoms with Crippen molar-refractivity contribution in [2.24, 2.45) is 20.5 Å². The van der Waals surface area contributed by atoms with Gasteiger partial charge in [0.25, 0.3) is 0 Å². The summed E-state index contributed by atoms with van der Waals surface area (Å²) in [5.41, 5.74) is 12.7. The van der Waals surface area contributed by atoms with Crippen molar-refractivity contribution < 1.29 is 75.4 Å². The number of azo groups is 2. The number of unbranched alkanes of at least 4 members (excludes halogenated alkanes) is 2. The normalized spacial score (nSPS) is 11.8. The first-order chi connectivity index (χ1) is 29.6. The molecule has 64 heavy (non-hydrogen) atoms. The summed E-state index contributed by atoms with van der Waals surface area (Å²) in [7, 11) is 0. The lowest BCUT2D eigenvalue weighted by atomic mass is 10.1. The minimum absolute atomic E-state index is 0. The number of hydrogen-bond acceptors (Lipinski definition) is 12. The van der Waals surface area contributed by atoms with E-state index in [2.05, 4.69) is 63.5 Å². The highest BCUT2D eigenvalue weighted by Gasteiger charge is 2.39. The molecule has 0 unspecified atom stereocenters. The van der Waals surface area contributed by atoms with Crippen LogP contribution in [0.1, 0.15) is 71.6 Å². The van der Waals surface area contributed by atoms with Crippen LogP contribution in [0.5, 0.6) is 0 Å². The van der Waals surface area contributed by atoms with Gasteiger partial charge in [0.2, 0.25) is 17.5 Å². The zero-order chi connectivity index (χ0) is 47.2. The minimum Gasteiger partial charge on any atom is -1.00 e. The molecule has 4 heterocycles. The molecule has 0 fully saturated rings. The number of nitrogens with zero attached hydrogens (tertiary/aromatic N) is 11. The number of halogens is 11. The summed E-state index contributed by atoms with van der Waals surface area (Å²) in [6, 6.07) is 0. The molecular formula is C35H48Br2F9N15O3. The van der Waals surface area contributed by atoms with E-state index in [0.29, 0.717) is 47.3 Å². The lowest BCUT2D eigenvalue weighted by molar-refractivity contribution is -0.684. The first kappa shape index (κ1) is 56.8. The Morgan fingerprint density at radius 2 is 1.30 bits per heavy atom. The van der Waals surface area contributed by atoms with Crippen LogP contribution in [0.15, 0.2) is 57.6 Å². The van der Waals surface area contributed by atoms with Crippen LogP contribution < -0.4 is 38.3 Å². The van der Waals surface area contributed by atoms with Crippen molar-refractivity contribution in [3.63, 3.8) is 0 Å². The Balaban J connectivity index is 0.000000597. The van der Waals surface area contributed by atoms with Crippen LogP contribution in [0.2, 0.25) is 0 Å². The number of alkyl halides is 10. The lowest BCUT2D eigenvalue weighted by Gasteiger charge is -2.05. The second kappa shape index (κ2) is 27.9. The van der Waals surface area contributed by atoms with Crippen molar-refractivity contribution in [1.82, 2.24) is 39.4 Å². The smallest absolute Gasteiger partial charge is 0.471 e.